The maximum Gasteiger partial charge on any atom is 0.157 e. The molecule has 0 radical (unpaired) electrons. The highest BCUT2D eigenvalue weighted by atomic mass is 35.5. The van der Waals surface area contributed by atoms with E-state index in [1.807, 2.05) is 24.4 Å². The molecule has 0 bridgehead atoms. The summed E-state index contributed by atoms with van der Waals surface area (Å²) in [5, 5.41) is 22.2. The van der Waals surface area contributed by atoms with Gasteiger partial charge in [0.2, 0.25) is 0 Å². The first kappa shape index (κ1) is 23.3. The zero-order chi connectivity index (χ0) is 24.4. The van der Waals surface area contributed by atoms with Crippen molar-refractivity contribution in [3.63, 3.8) is 0 Å². The Hall–Kier alpha value is -3.42. The van der Waals surface area contributed by atoms with Crippen LogP contribution in [0.4, 0.5) is 17.3 Å². The van der Waals surface area contributed by atoms with Gasteiger partial charge in [0.05, 0.1) is 51.2 Å². The zero-order valence-electron chi connectivity index (χ0n) is 18.7. The van der Waals surface area contributed by atoms with Crippen molar-refractivity contribution >= 4 is 51.6 Å². The van der Waals surface area contributed by atoms with Crippen LogP contribution in [0.15, 0.2) is 42.7 Å². The van der Waals surface area contributed by atoms with Crippen molar-refractivity contribution in [3.8, 4) is 17.5 Å². The summed E-state index contributed by atoms with van der Waals surface area (Å²) in [5.74, 6) is 1.71. The number of rotatable bonds is 6. The molecule has 0 spiro atoms. The second-order valence-corrected chi connectivity index (χ2v) is 8.96. The van der Waals surface area contributed by atoms with E-state index in [1.54, 1.807) is 24.4 Å². The Morgan fingerprint density at radius 3 is 2.51 bits per heavy atom. The van der Waals surface area contributed by atoms with E-state index >= 15 is 0 Å². The van der Waals surface area contributed by atoms with Crippen molar-refractivity contribution in [2.24, 2.45) is 0 Å². The Labute approximate surface area is 212 Å². The van der Waals surface area contributed by atoms with Crippen molar-refractivity contribution in [1.29, 1.82) is 5.26 Å². The lowest BCUT2D eigenvalue weighted by Crippen LogP contribution is -2.47. The Balaban J connectivity index is 1.36. The van der Waals surface area contributed by atoms with E-state index in [-0.39, 0.29) is 6.61 Å². The molecule has 11 heteroatoms. The van der Waals surface area contributed by atoms with Gasteiger partial charge in [0, 0.05) is 38.9 Å². The van der Waals surface area contributed by atoms with Crippen LogP contribution in [0.2, 0.25) is 10.0 Å². The molecule has 178 valence electrons. The van der Waals surface area contributed by atoms with E-state index in [0.29, 0.717) is 56.2 Å². The van der Waals surface area contributed by atoms with Crippen LogP contribution in [0, 0.1) is 11.3 Å². The number of β-amino-alcohol motifs (C(OH)–C–C–N with tert-alkyl or cyclic N) is 1. The molecule has 35 heavy (non-hydrogen) atoms. The fourth-order valence-corrected chi connectivity index (χ4v) is 4.82. The van der Waals surface area contributed by atoms with Crippen LogP contribution in [0.1, 0.15) is 5.56 Å². The molecule has 0 saturated carbocycles. The van der Waals surface area contributed by atoms with Crippen molar-refractivity contribution in [2.75, 3.05) is 49.5 Å². The topological polar surface area (TPSA) is 117 Å². The number of hydrogen-bond acceptors (Lipinski definition) is 8. The number of aromatic amines is 1. The maximum absolute atomic E-state index is 9.13. The number of nitrogens with zero attached hydrogens (tertiary/aromatic N) is 6. The minimum atomic E-state index is 0.189. The number of imidazole rings is 1. The third kappa shape index (κ3) is 4.88. The molecule has 4 heterocycles. The number of halogens is 2. The summed E-state index contributed by atoms with van der Waals surface area (Å²) >= 11 is 12.8. The van der Waals surface area contributed by atoms with Gasteiger partial charge in [-0.25, -0.2) is 15.0 Å². The summed E-state index contributed by atoms with van der Waals surface area (Å²) in [6.45, 7) is 4.53. The van der Waals surface area contributed by atoms with Gasteiger partial charge in [-0.1, -0.05) is 23.2 Å². The first-order chi connectivity index (χ1) is 17.1. The van der Waals surface area contributed by atoms with Crippen LogP contribution in [0.5, 0.6) is 0 Å². The fraction of sp³-hybridized carbons (Fsp3) is 0.250. The molecule has 0 aliphatic carbocycles. The highest BCUT2D eigenvalue weighted by Gasteiger charge is 2.18. The molecular weight excluding hydrogens is 487 g/mol. The second kappa shape index (κ2) is 10.1. The minimum Gasteiger partial charge on any atom is -0.395 e. The molecule has 0 unspecified atom stereocenters. The van der Waals surface area contributed by atoms with Crippen molar-refractivity contribution in [2.45, 2.75) is 0 Å². The van der Waals surface area contributed by atoms with Gasteiger partial charge < -0.3 is 20.3 Å². The zero-order valence-corrected chi connectivity index (χ0v) is 20.2. The monoisotopic (exact) mass is 508 g/mol. The average molecular weight is 509 g/mol. The van der Waals surface area contributed by atoms with Crippen LogP contribution < -0.4 is 10.2 Å². The van der Waals surface area contributed by atoms with Gasteiger partial charge in [-0.15, -0.1) is 0 Å². The number of aliphatic hydroxyl groups is 1. The number of nitrogens with one attached hydrogen (secondary N) is 2. The number of piperazine rings is 1. The third-order valence-corrected chi connectivity index (χ3v) is 6.56. The molecule has 0 amide bonds. The number of pyridine rings is 2. The summed E-state index contributed by atoms with van der Waals surface area (Å²) in [6.07, 6.45) is 3.51. The van der Waals surface area contributed by atoms with E-state index in [4.69, 9.17) is 33.6 Å². The van der Waals surface area contributed by atoms with Gasteiger partial charge in [-0.3, -0.25) is 4.90 Å². The predicted molar refractivity (Wildman–Crippen MR) is 137 cm³/mol. The van der Waals surface area contributed by atoms with Gasteiger partial charge in [0.1, 0.15) is 17.2 Å². The minimum absolute atomic E-state index is 0.189. The number of aromatic nitrogens is 4. The van der Waals surface area contributed by atoms with Gasteiger partial charge >= 0.3 is 0 Å². The lowest BCUT2D eigenvalue weighted by atomic mass is 10.1. The van der Waals surface area contributed by atoms with Gasteiger partial charge in [0.15, 0.2) is 5.82 Å². The van der Waals surface area contributed by atoms with Crippen LogP contribution in [0.25, 0.3) is 22.4 Å². The molecule has 4 aromatic rings. The van der Waals surface area contributed by atoms with Crippen LogP contribution in [-0.4, -0.2) is 69.3 Å². The molecule has 3 N–H and O–H groups in total. The molecule has 1 aliphatic heterocycles. The Kier molecular flexibility index (Phi) is 6.70. The second-order valence-electron chi connectivity index (χ2n) is 8.14. The Bertz CT molecular complexity index is 1370. The number of fused-ring (bicyclic) bond motifs is 1. The lowest BCUT2D eigenvalue weighted by Gasteiger charge is -2.35. The molecule has 1 saturated heterocycles. The quantitative estimate of drug-likeness (QED) is 0.357. The Morgan fingerprint density at radius 1 is 1.09 bits per heavy atom. The average Bonchev–Trinajstić information content (AvgIpc) is 3.29. The summed E-state index contributed by atoms with van der Waals surface area (Å²) in [7, 11) is 0. The van der Waals surface area contributed by atoms with Crippen LogP contribution >= 0.6 is 23.2 Å². The molecule has 1 fully saturated rings. The van der Waals surface area contributed by atoms with E-state index in [0.717, 1.165) is 31.9 Å². The maximum atomic E-state index is 9.13. The first-order valence-electron chi connectivity index (χ1n) is 11.1. The Morgan fingerprint density at radius 2 is 1.86 bits per heavy atom. The predicted octanol–water partition coefficient (Wildman–Crippen LogP) is 4.06. The summed E-state index contributed by atoms with van der Waals surface area (Å²) in [5.41, 5.74) is 3.33. The number of benzene rings is 1. The van der Waals surface area contributed by atoms with Gasteiger partial charge in [-0.05, 0) is 30.3 Å². The molecule has 0 atom stereocenters. The number of hydrogen-bond donors (Lipinski definition) is 3. The van der Waals surface area contributed by atoms with Crippen molar-refractivity contribution in [3.05, 3.63) is 58.3 Å². The summed E-state index contributed by atoms with van der Waals surface area (Å²) in [4.78, 5) is 21.4. The largest absolute Gasteiger partial charge is 0.395 e. The number of anilines is 3. The van der Waals surface area contributed by atoms with Crippen LogP contribution in [0.3, 0.4) is 0 Å². The van der Waals surface area contributed by atoms with Gasteiger partial charge in [-0.2, -0.15) is 5.26 Å². The van der Waals surface area contributed by atoms with Crippen LogP contribution in [-0.2, 0) is 0 Å². The van der Waals surface area contributed by atoms with E-state index in [2.05, 4.69) is 35.1 Å². The summed E-state index contributed by atoms with van der Waals surface area (Å²) < 4.78 is 0. The summed E-state index contributed by atoms with van der Waals surface area (Å²) in [6, 6.07) is 10.9. The number of nitriles is 1. The van der Waals surface area contributed by atoms with Crippen molar-refractivity contribution in [1.82, 2.24) is 24.8 Å². The number of aliphatic hydroxyl groups excluding tert-OH is 1. The van der Waals surface area contributed by atoms with Gasteiger partial charge in [0.25, 0.3) is 0 Å². The van der Waals surface area contributed by atoms with E-state index in [1.165, 1.54) is 0 Å². The number of H-pyrrole nitrogens is 1. The SMILES string of the molecule is N#Cc1cc(Cl)c(-c2nc3ccnc(Nc4ccc(N5CCN(CCO)CC5)cn4)c3[nH]2)c(Cl)c1. The molecule has 1 aromatic carbocycles. The third-order valence-electron chi connectivity index (χ3n) is 5.96. The van der Waals surface area contributed by atoms with Crippen molar-refractivity contribution < 1.29 is 5.11 Å². The highest BCUT2D eigenvalue weighted by Crippen LogP contribution is 2.36. The molecule has 3 aromatic heterocycles. The molecule has 1 aliphatic rings. The van der Waals surface area contributed by atoms with E-state index < -0.39 is 0 Å². The smallest absolute Gasteiger partial charge is 0.157 e. The standard InChI is InChI=1S/C24H22Cl2N8O/c25-17-11-15(13-27)12-18(26)21(17)23-30-19-3-4-28-24(22(19)32-23)31-20-2-1-16(14-29-20)34-7-5-33(6-8-34)9-10-35/h1-4,11-12,14,35H,5-10H2,(H,30,32)(H,28,29,31). The molecule has 5 rings (SSSR count). The highest BCUT2D eigenvalue weighted by molar-refractivity contribution is 6.39. The normalized spacial score (nSPS) is 14.3. The molecule has 9 nitrogen and oxygen atoms in total. The lowest BCUT2D eigenvalue weighted by molar-refractivity contribution is 0.189. The van der Waals surface area contributed by atoms with E-state index in [9.17, 15) is 0 Å². The molecular formula is C24H22Cl2N8O. The fourth-order valence-electron chi connectivity index (χ4n) is 4.15. The first-order valence-corrected chi connectivity index (χ1v) is 11.9.